The number of hydrogen-bond donors (Lipinski definition) is 1. The van der Waals surface area contributed by atoms with Gasteiger partial charge < -0.3 is 0 Å². The summed E-state index contributed by atoms with van der Waals surface area (Å²) in [6, 6.07) is 4.46. The second kappa shape index (κ2) is 4.59. The highest BCUT2D eigenvalue weighted by Gasteiger charge is 2.33. The molecule has 1 fully saturated rings. The first-order valence-corrected chi connectivity index (χ1v) is 7.57. The van der Waals surface area contributed by atoms with E-state index in [1.807, 2.05) is 4.72 Å². The monoisotopic (exact) mass is 337 g/mol. The molecule has 0 radical (unpaired) electrons. The molecule has 4 nitrogen and oxygen atoms in total. The third-order valence-corrected chi connectivity index (χ3v) is 4.69. The minimum absolute atomic E-state index is 0.0873. The molecular weight excluding hydrogens is 330 g/mol. The van der Waals surface area contributed by atoms with Crippen molar-refractivity contribution < 1.29 is 13.2 Å². The van der Waals surface area contributed by atoms with Crippen molar-refractivity contribution in [3.8, 4) is 0 Å². The summed E-state index contributed by atoms with van der Waals surface area (Å²) in [5.74, 6) is -0.628. The molecule has 92 valence electrons. The Morgan fingerprint density at radius 2 is 2.06 bits per heavy atom. The molecule has 17 heavy (non-hydrogen) atoms. The summed E-state index contributed by atoms with van der Waals surface area (Å²) < 4.78 is 26.4. The van der Waals surface area contributed by atoms with Crippen molar-refractivity contribution in [3.05, 3.63) is 27.7 Å². The highest BCUT2D eigenvalue weighted by atomic mass is 79.9. The minimum Gasteiger partial charge on any atom is -0.274 e. The zero-order chi connectivity index (χ0) is 12.6. The van der Waals surface area contributed by atoms with E-state index in [9.17, 15) is 13.2 Å². The lowest BCUT2D eigenvalue weighted by atomic mass is 10.4. The summed E-state index contributed by atoms with van der Waals surface area (Å²) in [6.45, 7) is 0. The standard InChI is InChI=1S/C10H9BrClNO3S/c11-7-3-4-8(12)9(5-7)17(15,16)13-10(14)6-1-2-6/h3-6H,1-2H2,(H,13,14). The fourth-order valence-corrected chi connectivity index (χ4v) is 3.38. The van der Waals surface area contributed by atoms with Gasteiger partial charge in [-0.25, -0.2) is 13.1 Å². The van der Waals surface area contributed by atoms with Crippen LogP contribution in [0.25, 0.3) is 0 Å². The fraction of sp³-hybridized carbons (Fsp3) is 0.300. The molecule has 0 aliphatic heterocycles. The summed E-state index contributed by atoms with van der Waals surface area (Å²) in [4.78, 5) is 11.4. The van der Waals surface area contributed by atoms with Gasteiger partial charge in [-0.3, -0.25) is 4.79 Å². The quantitative estimate of drug-likeness (QED) is 0.920. The van der Waals surface area contributed by atoms with E-state index in [2.05, 4.69) is 15.9 Å². The number of amides is 1. The molecule has 1 aliphatic carbocycles. The predicted molar refractivity (Wildman–Crippen MR) is 67.2 cm³/mol. The lowest BCUT2D eigenvalue weighted by molar-refractivity contribution is -0.120. The van der Waals surface area contributed by atoms with Crippen LogP contribution in [0.15, 0.2) is 27.6 Å². The number of halogens is 2. The minimum atomic E-state index is -3.88. The predicted octanol–water partition coefficient (Wildman–Crippen LogP) is 2.32. The van der Waals surface area contributed by atoms with Crippen molar-refractivity contribution in [3.63, 3.8) is 0 Å². The first-order valence-electron chi connectivity index (χ1n) is 4.92. The Morgan fingerprint density at radius 1 is 1.41 bits per heavy atom. The number of nitrogens with one attached hydrogen (secondary N) is 1. The van der Waals surface area contributed by atoms with Gasteiger partial charge in [0.05, 0.1) is 5.02 Å². The van der Waals surface area contributed by atoms with E-state index in [0.29, 0.717) is 4.47 Å². The van der Waals surface area contributed by atoms with Crippen molar-refractivity contribution in [2.45, 2.75) is 17.7 Å². The van der Waals surface area contributed by atoms with Crippen molar-refractivity contribution in [2.24, 2.45) is 5.92 Å². The molecule has 0 atom stereocenters. The van der Waals surface area contributed by atoms with Crippen LogP contribution in [0.5, 0.6) is 0 Å². The maximum Gasteiger partial charge on any atom is 0.265 e. The Bertz CT molecular complexity index is 569. The molecule has 1 saturated carbocycles. The summed E-state index contributed by atoms with van der Waals surface area (Å²) in [7, 11) is -3.88. The van der Waals surface area contributed by atoms with Gasteiger partial charge in [-0.2, -0.15) is 0 Å². The van der Waals surface area contributed by atoms with E-state index in [1.165, 1.54) is 12.1 Å². The number of benzene rings is 1. The molecule has 1 aromatic carbocycles. The third-order valence-electron chi connectivity index (χ3n) is 2.37. The smallest absolute Gasteiger partial charge is 0.265 e. The van der Waals surface area contributed by atoms with Crippen LogP contribution >= 0.6 is 27.5 Å². The van der Waals surface area contributed by atoms with Crippen LogP contribution in [0.1, 0.15) is 12.8 Å². The van der Waals surface area contributed by atoms with Crippen LogP contribution in [-0.2, 0) is 14.8 Å². The average Bonchev–Trinajstić information content (AvgIpc) is 3.04. The zero-order valence-corrected chi connectivity index (χ0v) is 11.8. The Hall–Kier alpha value is -0.590. The molecule has 0 unspecified atom stereocenters. The van der Waals surface area contributed by atoms with Gasteiger partial charge in [-0.1, -0.05) is 27.5 Å². The molecule has 0 heterocycles. The van der Waals surface area contributed by atoms with Gasteiger partial charge in [0.2, 0.25) is 5.91 Å². The Balaban J connectivity index is 2.30. The normalized spacial score (nSPS) is 15.6. The summed E-state index contributed by atoms with van der Waals surface area (Å²) in [6.07, 6.45) is 1.49. The Kier molecular flexibility index (Phi) is 3.47. The largest absolute Gasteiger partial charge is 0.274 e. The van der Waals surface area contributed by atoms with Crippen LogP contribution in [0, 0.1) is 5.92 Å². The van der Waals surface area contributed by atoms with Crippen LogP contribution in [-0.4, -0.2) is 14.3 Å². The van der Waals surface area contributed by atoms with Crippen LogP contribution < -0.4 is 4.72 Å². The Morgan fingerprint density at radius 3 is 2.65 bits per heavy atom. The lowest BCUT2D eigenvalue weighted by Gasteiger charge is -2.08. The SMILES string of the molecule is O=C(NS(=O)(=O)c1cc(Br)ccc1Cl)C1CC1. The maximum absolute atomic E-state index is 11.9. The molecule has 1 aromatic rings. The zero-order valence-electron chi connectivity index (χ0n) is 8.61. The van der Waals surface area contributed by atoms with Gasteiger partial charge in [0.25, 0.3) is 10.0 Å². The van der Waals surface area contributed by atoms with E-state index >= 15 is 0 Å². The van der Waals surface area contributed by atoms with Gasteiger partial charge >= 0.3 is 0 Å². The number of carbonyl (C=O) groups excluding carboxylic acids is 1. The third kappa shape index (κ3) is 3.00. The molecule has 1 N–H and O–H groups in total. The first kappa shape index (κ1) is 12.9. The van der Waals surface area contributed by atoms with Crippen molar-refractivity contribution in [2.75, 3.05) is 0 Å². The molecule has 0 saturated heterocycles. The average molecular weight is 339 g/mol. The fourth-order valence-electron chi connectivity index (χ4n) is 1.30. The second-order valence-electron chi connectivity index (χ2n) is 3.82. The number of hydrogen-bond acceptors (Lipinski definition) is 3. The summed E-state index contributed by atoms with van der Waals surface area (Å²) >= 11 is 8.97. The maximum atomic E-state index is 11.9. The van der Waals surface area contributed by atoms with Gasteiger partial charge in [0.15, 0.2) is 0 Å². The molecule has 0 bridgehead atoms. The van der Waals surface area contributed by atoms with Gasteiger partial charge in [-0.15, -0.1) is 0 Å². The van der Waals surface area contributed by atoms with Gasteiger partial charge in [-0.05, 0) is 31.0 Å². The number of rotatable bonds is 3. The highest BCUT2D eigenvalue weighted by molar-refractivity contribution is 9.10. The topological polar surface area (TPSA) is 63.2 Å². The van der Waals surface area contributed by atoms with Crippen LogP contribution in [0.3, 0.4) is 0 Å². The van der Waals surface area contributed by atoms with Crippen LogP contribution in [0.2, 0.25) is 5.02 Å². The molecular formula is C10H9BrClNO3S. The van der Waals surface area contributed by atoms with Gasteiger partial charge in [0.1, 0.15) is 4.90 Å². The molecule has 2 rings (SSSR count). The Labute approximate surface area is 113 Å². The highest BCUT2D eigenvalue weighted by Crippen LogP contribution is 2.30. The summed E-state index contributed by atoms with van der Waals surface area (Å²) in [5.41, 5.74) is 0. The van der Waals surface area contributed by atoms with Crippen molar-refractivity contribution >= 4 is 43.5 Å². The first-order chi connectivity index (χ1) is 7.90. The van der Waals surface area contributed by atoms with Crippen LogP contribution in [0.4, 0.5) is 0 Å². The van der Waals surface area contributed by atoms with Crippen molar-refractivity contribution in [1.82, 2.24) is 4.72 Å². The van der Waals surface area contributed by atoms with E-state index in [4.69, 9.17) is 11.6 Å². The molecule has 1 aliphatic rings. The number of sulfonamides is 1. The molecule has 1 amide bonds. The lowest BCUT2D eigenvalue weighted by Crippen LogP contribution is -2.31. The van der Waals surface area contributed by atoms with E-state index in [0.717, 1.165) is 12.8 Å². The summed E-state index contributed by atoms with van der Waals surface area (Å²) in [5, 5.41) is 0.0873. The van der Waals surface area contributed by atoms with E-state index in [1.54, 1.807) is 6.07 Å². The van der Waals surface area contributed by atoms with Crippen molar-refractivity contribution in [1.29, 1.82) is 0 Å². The van der Waals surface area contributed by atoms with E-state index in [-0.39, 0.29) is 15.8 Å². The molecule has 0 aromatic heterocycles. The van der Waals surface area contributed by atoms with Gasteiger partial charge in [0, 0.05) is 10.4 Å². The second-order valence-corrected chi connectivity index (χ2v) is 6.79. The molecule has 7 heteroatoms. The number of carbonyl (C=O) groups is 1. The molecule has 0 spiro atoms. The van der Waals surface area contributed by atoms with E-state index < -0.39 is 15.9 Å².